The van der Waals surface area contributed by atoms with E-state index in [1.54, 1.807) is 12.4 Å². The SMILES string of the molecule is CC(C)(C)NCCc1cc(F)cc2[nH]cnc12. The fourth-order valence-corrected chi connectivity index (χ4v) is 1.85. The van der Waals surface area contributed by atoms with Crippen molar-refractivity contribution in [2.75, 3.05) is 6.54 Å². The molecule has 0 bridgehead atoms. The Morgan fingerprint density at radius 2 is 2.12 bits per heavy atom. The summed E-state index contributed by atoms with van der Waals surface area (Å²) in [6, 6.07) is 3.04. The number of rotatable bonds is 3. The van der Waals surface area contributed by atoms with Crippen LogP contribution in [0.4, 0.5) is 4.39 Å². The first-order valence-corrected chi connectivity index (χ1v) is 5.82. The second kappa shape index (κ2) is 4.45. The first kappa shape index (κ1) is 12.0. The highest BCUT2D eigenvalue weighted by atomic mass is 19.1. The third-order valence-electron chi connectivity index (χ3n) is 2.62. The fourth-order valence-electron chi connectivity index (χ4n) is 1.85. The fraction of sp³-hybridized carbons (Fsp3) is 0.462. The van der Waals surface area contributed by atoms with Crippen LogP contribution in [0.15, 0.2) is 18.5 Å². The highest BCUT2D eigenvalue weighted by molar-refractivity contribution is 5.78. The zero-order valence-electron chi connectivity index (χ0n) is 10.5. The van der Waals surface area contributed by atoms with Crippen molar-refractivity contribution in [1.82, 2.24) is 15.3 Å². The van der Waals surface area contributed by atoms with E-state index in [1.807, 2.05) is 0 Å². The third-order valence-corrected chi connectivity index (χ3v) is 2.62. The number of nitrogens with zero attached hydrogens (tertiary/aromatic N) is 1. The Labute approximate surface area is 100 Å². The highest BCUT2D eigenvalue weighted by Crippen LogP contribution is 2.17. The van der Waals surface area contributed by atoms with Gasteiger partial charge in [-0.1, -0.05) is 0 Å². The Bertz CT molecular complexity index is 511. The molecule has 0 aliphatic heterocycles. The van der Waals surface area contributed by atoms with Crippen molar-refractivity contribution in [2.45, 2.75) is 32.7 Å². The van der Waals surface area contributed by atoms with Crippen molar-refractivity contribution >= 4 is 11.0 Å². The summed E-state index contributed by atoms with van der Waals surface area (Å²) in [5, 5.41) is 3.39. The molecular formula is C13H18FN3. The highest BCUT2D eigenvalue weighted by Gasteiger charge is 2.10. The number of hydrogen-bond donors (Lipinski definition) is 2. The maximum Gasteiger partial charge on any atom is 0.125 e. The minimum absolute atomic E-state index is 0.0814. The molecule has 2 aromatic rings. The lowest BCUT2D eigenvalue weighted by Crippen LogP contribution is -2.37. The summed E-state index contributed by atoms with van der Waals surface area (Å²) >= 11 is 0. The predicted octanol–water partition coefficient (Wildman–Crippen LogP) is 2.63. The Morgan fingerprint density at radius 3 is 2.82 bits per heavy atom. The van der Waals surface area contributed by atoms with Crippen LogP contribution in [0, 0.1) is 5.82 Å². The molecule has 4 heteroatoms. The maximum absolute atomic E-state index is 13.4. The average molecular weight is 235 g/mol. The van der Waals surface area contributed by atoms with Crippen molar-refractivity contribution < 1.29 is 4.39 Å². The molecule has 1 aromatic heterocycles. The number of aromatic amines is 1. The van der Waals surface area contributed by atoms with Gasteiger partial charge in [0.2, 0.25) is 0 Å². The molecule has 3 nitrogen and oxygen atoms in total. The van der Waals surface area contributed by atoms with E-state index in [-0.39, 0.29) is 11.4 Å². The largest absolute Gasteiger partial charge is 0.345 e. The molecule has 0 spiro atoms. The number of H-pyrrole nitrogens is 1. The van der Waals surface area contributed by atoms with Gasteiger partial charge in [-0.15, -0.1) is 0 Å². The number of halogens is 1. The zero-order valence-corrected chi connectivity index (χ0v) is 10.5. The van der Waals surface area contributed by atoms with Gasteiger partial charge in [0.15, 0.2) is 0 Å². The molecular weight excluding hydrogens is 217 g/mol. The van der Waals surface area contributed by atoms with Gasteiger partial charge < -0.3 is 10.3 Å². The molecule has 1 aromatic carbocycles. The second-order valence-electron chi connectivity index (χ2n) is 5.29. The van der Waals surface area contributed by atoms with Crippen molar-refractivity contribution in [3.05, 3.63) is 29.8 Å². The van der Waals surface area contributed by atoms with E-state index in [0.717, 1.165) is 29.6 Å². The van der Waals surface area contributed by atoms with Crippen LogP contribution in [-0.2, 0) is 6.42 Å². The quantitative estimate of drug-likeness (QED) is 0.858. The number of nitrogens with one attached hydrogen (secondary N) is 2. The van der Waals surface area contributed by atoms with Gasteiger partial charge in [-0.3, -0.25) is 0 Å². The summed E-state index contributed by atoms with van der Waals surface area (Å²) in [4.78, 5) is 7.16. The molecule has 0 saturated heterocycles. The topological polar surface area (TPSA) is 40.7 Å². The Hall–Kier alpha value is -1.42. The second-order valence-corrected chi connectivity index (χ2v) is 5.29. The normalized spacial score (nSPS) is 12.2. The predicted molar refractivity (Wildman–Crippen MR) is 67.5 cm³/mol. The van der Waals surface area contributed by atoms with E-state index in [0.29, 0.717) is 0 Å². The Balaban J connectivity index is 2.15. The van der Waals surface area contributed by atoms with E-state index in [4.69, 9.17) is 0 Å². The lowest BCUT2D eigenvalue weighted by molar-refractivity contribution is 0.429. The molecule has 0 atom stereocenters. The number of hydrogen-bond acceptors (Lipinski definition) is 2. The van der Waals surface area contributed by atoms with Gasteiger partial charge in [0.25, 0.3) is 0 Å². The van der Waals surface area contributed by atoms with Crippen molar-refractivity contribution in [1.29, 1.82) is 0 Å². The molecule has 0 aliphatic rings. The molecule has 2 rings (SSSR count). The van der Waals surface area contributed by atoms with Crippen LogP contribution in [0.25, 0.3) is 11.0 Å². The number of benzene rings is 1. The number of aromatic nitrogens is 2. The lowest BCUT2D eigenvalue weighted by atomic mass is 10.1. The summed E-state index contributed by atoms with van der Waals surface area (Å²) in [5.41, 5.74) is 2.65. The molecule has 2 N–H and O–H groups in total. The van der Waals surface area contributed by atoms with Crippen LogP contribution in [0.2, 0.25) is 0 Å². The summed E-state index contributed by atoms with van der Waals surface area (Å²) in [5.74, 6) is -0.215. The summed E-state index contributed by atoms with van der Waals surface area (Å²) in [6.45, 7) is 7.16. The lowest BCUT2D eigenvalue weighted by Gasteiger charge is -2.20. The number of fused-ring (bicyclic) bond motifs is 1. The minimum atomic E-state index is -0.215. The van der Waals surface area contributed by atoms with E-state index >= 15 is 0 Å². The minimum Gasteiger partial charge on any atom is -0.345 e. The molecule has 17 heavy (non-hydrogen) atoms. The zero-order chi connectivity index (χ0) is 12.5. The van der Waals surface area contributed by atoms with Crippen molar-refractivity contribution in [2.24, 2.45) is 0 Å². The van der Waals surface area contributed by atoms with Gasteiger partial charge >= 0.3 is 0 Å². The Morgan fingerprint density at radius 1 is 1.35 bits per heavy atom. The van der Waals surface area contributed by atoms with Gasteiger partial charge in [0.1, 0.15) is 5.82 Å². The molecule has 0 amide bonds. The average Bonchev–Trinajstić information content (AvgIpc) is 2.63. The van der Waals surface area contributed by atoms with Gasteiger partial charge in [0.05, 0.1) is 17.4 Å². The molecule has 1 heterocycles. The summed E-state index contributed by atoms with van der Waals surface area (Å²) in [6.07, 6.45) is 2.38. The van der Waals surface area contributed by atoms with E-state index in [1.165, 1.54) is 6.07 Å². The van der Waals surface area contributed by atoms with E-state index < -0.39 is 0 Å². The summed E-state index contributed by atoms with van der Waals surface area (Å²) in [7, 11) is 0. The van der Waals surface area contributed by atoms with Gasteiger partial charge in [-0.25, -0.2) is 9.37 Å². The standard InChI is InChI=1S/C13H18FN3/c1-13(2,3)17-5-4-9-6-10(14)7-11-12(9)16-8-15-11/h6-8,17H,4-5H2,1-3H3,(H,15,16). The van der Waals surface area contributed by atoms with Crippen LogP contribution in [0.1, 0.15) is 26.3 Å². The van der Waals surface area contributed by atoms with E-state index in [2.05, 4.69) is 36.1 Å². The van der Waals surface area contributed by atoms with Crippen LogP contribution in [-0.4, -0.2) is 22.1 Å². The first-order chi connectivity index (χ1) is 7.96. The molecule has 0 aliphatic carbocycles. The maximum atomic E-state index is 13.4. The van der Waals surface area contributed by atoms with Gasteiger partial charge in [0, 0.05) is 5.54 Å². The number of imidazole rings is 1. The van der Waals surface area contributed by atoms with Gasteiger partial charge in [-0.2, -0.15) is 0 Å². The first-order valence-electron chi connectivity index (χ1n) is 5.82. The van der Waals surface area contributed by atoms with Crippen LogP contribution in [0.3, 0.4) is 0 Å². The molecule has 92 valence electrons. The Kier molecular flexibility index (Phi) is 3.15. The smallest absolute Gasteiger partial charge is 0.125 e. The van der Waals surface area contributed by atoms with Crippen LogP contribution < -0.4 is 5.32 Å². The van der Waals surface area contributed by atoms with Gasteiger partial charge in [-0.05, 0) is 51.4 Å². The van der Waals surface area contributed by atoms with Crippen molar-refractivity contribution in [3.63, 3.8) is 0 Å². The summed E-state index contributed by atoms with van der Waals surface area (Å²) < 4.78 is 13.4. The third kappa shape index (κ3) is 3.03. The molecule has 0 unspecified atom stereocenters. The van der Waals surface area contributed by atoms with Crippen molar-refractivity contribution in [3.8, 4) is 0 Å². The molecule has 0 fully saturated rings. The van der Waals surface area contributed by atoms with E-state index in [9.17, 15) is 4.39 Å². The van der Waals surface area contributed by atoms with Crippen LogP contribution in [0.5, 0.6) is 0 Å². The molecule has 0 radical (unpaired) electrons. The van der Waals surface area contributed by atoms with Crippen LogP contribution >= 0.6 is 0 Å². The monoisotopic (exact) mass is 235 g/mol. The molecule has 0 saturated carbocycles.